The van der Waals surface area contributed by atoms with Crippen LogP contribution in [-0.4, -0.2) is 16.6 Å². The minimum atomic E-state index is -1.36. The zero-order chi connectivity index (χ0) is 15.7. The minimum Gasteiger partial charge on any atom is -0.323 e. The van der Waals surface area contributed by atoms with Gasteiger partial charge in [-0.25, -0.2) is 4.39 Å². The van der Waals surface area contributed by atoms with Gasteiger partial charge in [-0.15, -0.1) is 0 Å². The molecular weight excluding hydrogens is 303 g/mol. The van der Waals surface area contributed by atoms with Gasteiger partial charge in [-0.1, -0.05) is 36.0 Å². The maximum atomic E-state index is 13.7. The van der Waals surface area contributed by atoms with Crippen LogP contribution < -0.4 is 10.6 Å². The Bertz CT molecular complexity index is 765. The van der Waals surface area contributed by atoms with Gasteiger partial charge in [-0.05, 0) is 31.2 Å². The number of carbonyl (C=O) groups is 2. The van der Waals surface area contributed by atoms with E-state index >= 15 is 0 Å². The first-order chi connectivity index (χ1) is 10.5. The lowest BCUT2D eigenvalue weighted by molar-refractivity contribution is -0.126. The van der Waals surface area contributed by atoms with E-state index in [9.17, 15) is 14.0 Å². The number of carbonyl (C=O) groups excluding carboxylic acids is 2. The summed E-state index contributed by atoms with van der Waals surface area (Å²) < 4.78 is 12.3. The number of hydrogen-bond acceptors (Lipinski definition) is 3. The Morgan fingerprint density at radius 3 is 2.64 bits per heavy atom. The molecule has 2 N–H and O–H groups in total. The standard InChI is InChI=1S/C16H13FN2O2S/c1-16(14(20)18-11-7-3-2-6-10(11)17)15(21)19-12-8-4-5-9-13(12)22-16/h2-9H,1H3,(H,18,20)(H,19,21). The van der Waals surface area contributed by atoms with Crippen molar-refractivity contribution >= 4 is 35.0 Å². The van der Waals surface area contributed by atoms with Gasteiger partial charge >= 0.3 is 0 Å². The van der Waals surface area contributed by atoms with Gasteiger partial charge < -0.3 is 10.6 Å². The van der Waals surface area contributed by atoms with Gasteiger partial charge in [-0.2, -0.15) is 0 Å². The Labute approximate surface area is 131 Å². The van der Waals surface area contributed by atoms with Gasteiger partial charge in [0.1, 0.15) is 5.82 Å². The number of hydrogen-bond donors (Lipinski definition) is 2. The Hall–Kier alpha value is -2.34. The van der Waals surface area contributed by atoms with Crippen LogP contribution in [0.25, 0.3) is 0 Å². The van der Waals surface area contributed by atoms with Crippen LogP contribution in [-0.2, 0) is 9.59 Å². The van der Waals surface area contributed by atoms with Gasteiger partial charge in [-0.3, -0.25) is 9.59 Å². The summed E-state index contributed by atoms with van der Waals surface area (Å²) in [4.78, 5) is 25.6. The number of nitrogens with one attached hydrogen (secondary N) is 2. The molecule has 0 aromatic heterocycles. The van der Waals surface area contributed by atoms with Gasteiger partial charge in [0.2, 0.25) is 11.8 Å². The van der Waals surface area contributed by atoms with Crippen molar-refractivity contribution in [1.82, 2.24) is 0 Å². The van der Waals surface area contributed by atoms with Crippen LogP contribution >= 0.6 is 11.8 Å². The van der Waals surface area contributed by atoms with Crippen LogP contribution in [0.5, 0.6) is 0 Å². The zero-order valence-corrected chi connectivity index (χ0v) is 12.5. The average Bonchev–Trinajstić information content (AvgIpc) is 2.50. The highest BCUT2D eigenvalue weighted by molar-refractivity contribution is 8.02. The highest BCUT2D eigenvalue weighted by Gasteiger charge is 2.45. The first kappa shape index (κ1) is 14.6. The van der Waals surface area contributed by atoms with E-state index < -0.39 is 22.4 Å². The minimum absolute atomic E-state index is 0.0565. The largest absolute Gasteiger partial charge is 0.323 e. The van der Waals surface area contributed by atoms with Crippen molar-refractivity contribution in [3.8, 4) is 0 Å². The summed E-state index contributed by atoms with van der Waals surface area (Å²) in [5.74, 6) is -1.53. The van der Waals surface area contributed by atoms with E-state index in [1.807, 2.05) is 18.2 Å². The molecule has 1 aliphatic rings. The summed E-state index contributed by atoms with van der Waals surface area (Å²) >= 11 is 1.15. The van der Waals surface area contributed by atoms with E-state index in [1.165, 1.54) is 25.1 Å². The third kappa shape index (κ3) is 2.46. The maximum absolute atomic E-state index is 13.7. The molecule has 2 aromatic carbocycles. The third-order valence-corrected chi connectivity index (χ3v) is 4.79. The molecule has 0 aliphatic carbocycles. The average molecular weight is 316 g/mol. The number of rotatable bonds is 2. The normalized spacial score (nSPS) is 20.0. The molecule has 0 bridgehead atoms. The topological polar surface area (TPSA) is 58.2 Å². The lowest BCUT2D eigenvalue weighted by Crippen LogP contribution is -2.49. The molecule has 1 unspecified atom stereocenters. The molecule has 1 aliphatic heterocycles. The first-order valence-corrected chi connectivity index (χ1v) is 7.48. The molecule has 0 fully saturated rings. The summed E-state index contributed by atoms with van der Waals surface area (Å²) in [7, 11) is 0. The monoisotopic (exact) mass is 316 g/mol. The SMILES string of the molecule is CC1(C(=O)Nc2ccccc2F)Sc2ccccc2NC1=O. The quantitative estimate of drug-likeness (QED) is 0.836. The second kappa shape index (κ2) is 5.46. The number of fused-ring (bicyclic) bond motifs is 1. The van der Waals surface area contributed by atoms with Gasteiger partial charge in [0.15, 0.2) is 4.75 Å². The van der Waals surface area contributed by atoms with E-state index in [2.05, 4.69) is 10.6 Å². The van der Waals surface area contributed by atoms with Crippen molar-refractivity contribution in [2.75, 3.05) is 10.6 Å². The molecule has 4 nitrogen and oxygen atoms in total. The molecule has 3 rings (SSSR count). The Kier molecular flexibility index (Phi) is 3.62. The molecule has 0 spiro atoms. The molecular formula is C16H13FN2O2S. The molecule has 1 heterocycles. The number of thioether (sulfide) groups is 1. The highest BCUT2D eigenvalue weighted by Crippen LogP contribution is 2.42. The molecule has 2 aromatic rings. The predicted octanol–water partition coefficient (Wildman–Crippen LogP) is 3.27. The second-order valence-corrected chi connectivity index (χ2v) is 6.48. The van der Waals surface area contributed by atoms with Crippen LogP contribution in [0, 0.1) is 5.82 Å². The molecule has 112 valence electrons. The molecule has 0 radical (unpaired) electrons. The van der Waals surface area contributed by atoms with Crippen LogP contribution in [0.4, 0.5) is 15.8 Å². The van der Waals surface area contributed by atoms with E-state index in [1.54, 1.807) is 12.1 Å². The molecule has 1 atom stereocenters. The zero-order valence-electron chi connectivity index (χ0n) is 11.7. The van der Waals surface area contributed by atoms with E-state index in [0.717, 1.165) is 16.7 Å². The van der Waals surface area contributed by atoms with Crippen molar-refractivity contribution < 1.29 is 14.0 Å². The summed E-state index contributed by atoms with van der Waals surface area (Å²) in [6, 6.07) is 13.1. The molecule has 0 saturated carbocycles. The number of para-hydroxylation sites is 2. The number of halogens is 1. The summed E-state index contributed by atoms with van der Waals surface area (Å²) in [6.45, 7) is 1.53. The number of anilines is 2. The Balaban J connectivity index is 1.89. The molecule has 2 amide bonds. The van der Waals surface area contributed by atoms with Gasteiger partial charge in [0.25, 0.3) is 0 Å². The maximum Gasteiger partial charge on any atom is 0.250 e. The summed E-state index contributed by atoms with van der Waals surface area (Å²) in [5, 5.41) is 5.20. The molecule has 6 heteroatoms. The van der Waals surface area contributed by atoms with E-state index in [4.69, 9.17) is 0 Å². The molecule has 0 saturated heterocycles. The first-order valence-electron chi connectivity index (χ1n) is 6.66. The van der Waals surface area contributed by atoms with Crippen molar-refractivity contribution in [2.45, 2.75) is 16.6 Å². The van der Waals surface area contributed by atoms with Crippen LogP contribution in [0.15, 0.2) is 53.4 Å². The van der Waals surface area contributed by atoms with Crippen molar-refractivity contribution in [1.29, 1.82) is 0 Å². The highest BCUT2D eigenvalue weighted by atomic mass is 32.2. The molecule has 22 heavy (non-hydrogen) atoms. The third-order valence-electron chi connectivity index (χ3n) is 3.44. The lowest BCUT2D eigenvalue weighted by Gasteiger charge is -2.31. The van der Waals surface area contributed by atoms with Crippen molar-refractivity contribution in [3.05, 3.63) is 54.3 Å². The number of benzene rings is 2. The van der Waals surface area contributed by atoms with Crippen LogP contribution in [0.1, 0.15) is 6.92 Å². The van der Waals surface area contributed by atoms with Gasteiger partial charge in [0.05, 0.1) is 11.4 Å². The second-order valence-electron chi connectivity index (χ2n) is 5.02. The van der Waals surface area contributed by atoms with Crippen LogP contribution in [0.3, 0.4) is 0 Å². The fraction of sp³-hybridized carbons (Fsp3) is 0.125. The van der Waals surface area contributed by atoms with E-state index in [0.29, 0.717) is 5.69 Å². The van der Waals surface area contributed by atoms with Crippen molar-refractivity contribution in [2.24, 2.45) is 0 Å². The van der Waals surface area contributed by atoms with Crippen molar-refractivity contribution in [3.63, 3.8) is 0 Å². The van der Waals surface area contributed by atoms with Crippen LogP contribution in [0.2, 0.25) is 0 Å². The van der Waals surface area contributed by atoms with Gasteiger partial charge in [0, 0.05) is 4.90 Å². The Morgan fingerprint density at radius 2 is 1.86 bits per heavy atom. The van der Waals surface area contributed by atoms with E-state index in [-0.39, 0.29) is 5.69 Å². The summed E-state index contributed by atoms with van der Waals surface area (Å²) in [6.07, 6.45) is 0. The predicted molar refractivity (Wildman–Crippen MR) is 84.4 cm³/mol. The fourth-order valence-corrected chi connectivity index (χ4v) is 3.22. The Morgan fingerprint density at radius 1 is 1.18 bits per heavy atom. The lowest BCUT2D eigenvalue weighted by atomic mass is 10.1. The number of amides is 2. The smallest absolute Gasteiger partial charge is 0.250 e. The summed E-state index contributed by atoms with van der Waals surface area (Å²) in [5.41, 5.74) is 0.731. The fourth-order valence-electron chi connectivity index (χ4n) is 2.12.